The largest absolute Gasteiger partial charge is 0.293 e. The summed E-state index contributed by atoms with van der Waals surface area (Å²) >= 11 is 0. The van der Waals surface area contributed by atoms with E-state index in [0.29, 0.717) is 12.6 Å². The second-order valence-electron chi connectivity index (χ2n) is 6.96. The fourth-order valence-electron chi connectivity index (χ4n) is 3.90. The molecule has 0 bridgehead atoms. The van der Waals surface area contributed by atoms with E-state index in [1.807, 2.05) is 24.0 Å². The molecule has 0 amide bonds. The van der Waals surface area contributed by atoms with Crippen molar-refractivity contribution in [2.75, 3.05) is 6.54 Å². The second-order valence-corrected chi connectivity index (χ2v) is 6.96. The molecule has 1 aliphatic heterocycles. The standard InChI is InChI=1S/C17H24N6O/c1-21-15(10-18-20-21)11-22-8-4-6-14(22)12-23-17(24)9-13-5-2-3-7-16(13)19-23/h9-10,14H,2-8,11-12H2,1H3. The molecule has 3 heterocycles. The van der Waals surface area contributed by atoms with E-state index in [1.54, 1.807) is 4.68 Å². The molecule has 1 saturated heterocycles. The molecule has 2 aromatic rings. The van der Waals surface area contributed by atoms with Crippen LogP contribution in [0.1, 0.15) is 42.6 Å². The molecule has 7 nitrogen and oxygen atoms in total. The van der Waals surface area contributed by atoms with Crippen LogP contribution in [-0.4, -0.2) is 42.3 Å². The van der Waals surface area contributed by atoms with Gasteiger partial charge >= 0.3 is 0 Å². The summed E-state index contributed by atoms with van der Waals surface area (Å²) in [6.45, 7) is 2.56. The SMILES string of the molecule is Cn1nncc1CN1CCCC1Cn1nc2c(cc1=O)CCCC2. The fourth-order valence-corrected chi connectivity index (χ4v) is 3.90. The van der Waals surface area contributed by atoms with Crippen molar-refractivity contribution < 1.29 is 0 Å². The van der Waals surface area contributed by atoms with Crippen molar-refractivity contribution in [1.29, 1.82) is 0 Å². The van der Waals surface area contributed by atoms with Gasteiger partial charge in [0, 0.05) is 25.7 Å². The molecule has 24 heavy (non-hydrogen) atoms. The molecule has 0 saturated carbocycles. The van der Waals surface area contributed by atoms with Crippen LogP contribution in [0.2, 0.25) is 0 Å². The average Bonchev–Trinajstić information content (AvgIpc) is 3.18. The van der Waals surface area contributed by atoms with Gasteiger partial charge in [0.15, 0.2) is 0 Å². The summed E-state index contributed by atoms with van der Waals surface area (Å²) in [5.74, 6) is 0. The molecule has 2 aromatic heterocycles. The van der Waals surface area contributed by atoms with Crippen LogP contribution in [0.15, 0.2) is 17.1 Å². The first kappa shape index (κ1) is 15.5. The molecule has 0 spiro atoms. The van der Waals surface area contributed by atoms with Crippen LogP contribution < -0.4 is 5.56 Å². The Bertz CT molecular complexity index is 780. The second kappa shape index (κ2) is 6.47. The first-order valence-corrected chi connectivity index (χ1v) is 8.88. The van der Waals surface area contributed by atoms with Gasteiger partial charge in [-0.1, -0.05) is 5.21 Å². The molecule has 1 aliphatic carbocycles. The third-order valence-corrected chi connectivity index (χ3v) is 5.33. The highest BCUT2D eigenvalue weighted by molar-refractivity contribution is 5.20. The molecule has 2 aliphatic rings. The lowest BCUT2D eigenvalue weighted by atomic mass is 9.97. The summed E-state index contributed by atoms with van der Waals surface area (Å²) in [5, 5.41) is 12.6. The van der Waals surface area contributed by atoms with Crippen LogP contribution in [-0.2, 0) is 33.0 Å². The molecule has 0 radical (unpaired) electrons. The van der Waals surface area contributed by atoms with Gasteiger partial charge in [-0.25, -0.2) is 4.68 Å². The van der Waals surface area contributed by atoms with Crippen molar-refractivity contribution in [2.45, 2.75) is 57.7 Å². The molecular formula is C17H24N6O. The smallest absolute Gasteiger partial charge is 0.267 e. The van der Waals surface area contributed by atoms with Crippen molar-refractivity contribution in [1.82, 2.24) is 29.7 Å². The van der Waals surface area contributed by atoms with E-state index in [2.05, 4.69) is 20.3 Å². The average molecular weight is 328 g/mol. The maximum Gasteiger partial charge on any atom is 0.267 e. The van der Waals surface area contributed by atoms with E-state index >= 15 is 0 Å². The van der Waals surface area contributed by atoms with Crippen LogP contribution in [0.5, 0.6) is 0 Å². The van der Waals surface area contributed by atoms with Gasteiger partial charge < -0.3 is 0 Å². The Kier molecular flexibility index (Phi) is 4.18. The van der Waals surface area contributed by atoms with Gasteiger partial charge in [0.05, 0.1) is 24.1 Å². The van der Waals surface area contributed by atoms with Crippen molar-refractivity contribution >= 4 is 0 Å². The Balaban J connectivity index is 1.52. The van der Waals surface area contributed by atoms with Gasteiger partial charge in [0.25, 0.3) is 5.56 Å². The minimum Gasteiger partial charge on any atom is -0.293 e. The molecule has 1 fully saturated rings. The van der Waals surface area contributed by atoms with E-state index in [4.69, 9.17) is 0 Å². The van der Waals surface area contributed by atoms with E-state index < -0.39 is 0 Å². The highest BCUT2D eigenvalue weighted by atomic mass is 16.1. The highest BCUT2D eigenvalue weighted by Gasteiger charge is 2.27. The number of fused-ring (bicyclic) bond motifs is 1. The van der Waals surface area contributed by atoms with Crippen molar-refractivity contribution in [2.24, 2.45) is 7.05 Å². The predicted molar refractivity (Wildman–Crippen MR) is 89.6 cm³/mol. The topological polar surface area (TPSA) is 68.8 Å². The van der Waals surface area contributed by atoms with Crippen LogP contribution >= 0.6 is 0 Å². The number of aromatic nitrogens is 5. The third-order valence-electron chi connectivity index (χ3n) is 5.33. The van der Waals surface area contributed by atoms with Crippen molar-refractivity contribution in [3.63, 3.8) is 0 Å². The molecule has 1 atom stereocenters. The summed E-state index contributed by atoms with van der Waals surface area (Å²) in [6.07, 6.45) is 8.45. The molecule has 7 heteroatoms. The minimum absolute atomic E-state index is 0.0460. The van der Waals surface area contributed by atoms with Crippen molar-refractivity contribution in [3.8, 4) is 0 Å². The fraction of sp³-hybridized carbons (Fsp3) is 0.647. The Hall–Kier alpha value is -2.02. The number of nitrogens with zero attached hydrogens (tertiary/aromatic N) is 6. The molecule has 128 valence electrons. The minimum atomic E-state index is 0.0460. The van der Waals surface area contributed by atoms with Gasteiger partial charge in [-0.15, -0.1) is 5.10 Å². The molecule has 0 N–H and O–H groups in total. The number of rotatable bonds is 4. The van der Waals surface area contributed by atoms with Gasteiger partial charge in [-0.2, -0.15) is 5.10 Å². The summed E-state index contributed by atoms with van der Waals surface area (Å²) in [6, 6.07) is 2.16. The molecule has 1 unspecified atom stereocenters. The monoisotopic (exact) mass is 328 g/mol. The van der Waals surface area contributed by atoms with E-state index in [9.17, 15) is 4.79 Å². The summed E-state index contributed by atoms with van der Waals surface area (Å²) < 4.78 is 3.51. The van der Waals surface area contributed by atoms with E-state index in [-0.39, 0.29) is 5.56 Å². The maximum atomic E-state index is 12.4. The first-order valence-electron chi connectivity index (χ1n) is 8.88. The first-order chi connectivity index (χ1) is 11.7. The van der Waals surface area contributed by atoms with Crippen LogP contribution in [0.3, 0.4) is 0 Å². The van der Waals surface area contributed by atoms with Gasteiger partial charge in [0.2, 0.25) is 0 Å². The summed E-state index contributed by atoms with van der Waals surface area (Å²) in [4.78, 5) is 14.8. The summed E-state index contributed by atoms with van der Waals surface area (Å²) in [5.41, 5.74) is 3.44. The Morgan fingerprint density at radius 2 is 2.12 bits per heavy atom. The number of aryl methyl sites for hydroxylation is 3. The zero-order valence-corrected chi connectivity index (χ0v) is 14.2. The molecule has 4 rings (SSSR count). The Morgan fingerprint density at radius 1 is 1.25 bits per heavy atom. The number of hydrogen-bond acceptors (Lipinski definition) is 5. The number of hydrogen-bond donors (Lipinski definition) is 0. The van der Waals surface area contributed by atoms with Crippen LogP contribution in [0.4, 0.5) is 0 Å². The van der Waals surface area contributed by atoms with Crippen LogP contribution in [0, 0.1) is 0 Å². The normalized spacial score (nSPS) is 21.1. The van der Waals surface area contributed by atoms with Gasteiger partial charge in [0.1, 0.15) is 0 Å². The van der Waals surface area contributed by atoms with Crippen LogP contribution in [0.25, 0.3) is 0 Å². The zero-order valence-electron chi connectivity index (χ0n) is 14.2. The van der Waals surface area contributed by atoms with Gasteiger partial charge in [-0.3, -0.25) is 14.4 Å². The van der Waals surface area contributed by atoms with Crippen molar-refractivity contribution in [3.05, 3.63) is 39.6 Å². The lowest BCUT2D eigenvalue weighted by molar-refractivity contribution is 0.211. The summed E-state index contributed by atoms with van der Waals surface area (Å²) in [7, 11) is 1.92. The maximum absolute atomic E-state index is 12.4. The predicted octanol–water partition coefficient (Wildman–Crippen LogP) is 0.915. The molecule has 0 aromatic carbocycles. The number of likely N-dealkylation sites (tertiary alicyclic amines) is 1. The Labute approximate surface area is 141 Å². The van der Waals surface area contributed by atoms with Gasteiger partial charge in [-0.05, 0) is 50.6 Å². The lowest BCUT2D eigenvalue weighted by Gasteiger charge is -2.25. The highest BCUT2D eigenvalue weighted by Crippen LogP contribution is 2.21. The Morgan fingerprint density at radius 3 is 2.96 bits per heavy atom. The quantitative estimate of drug-likeness (QED) is 0.835. The molecular weight excluding hydrogens is 304 g/mol. The lowest BCUT2D eigenvalue weighted by Crippen LogP contribution is -2.37. The zero-order chi connectivity index (χ0) is 16.5. The van der Waals surface area contributed by atoms with E-state index in [1.165, 1.54) is 12.8 Å². The third kappa shape index (κ3) is 3.00. The van der Waals surface area contributed by atoms with E-state index in [0.717, 1.165) is 55.7 Å².